The molecule has 21 heavy (non-hydrogen) atoms. The Labute approximate surface area is 129 Å². The highest BCUT2D eigenvalue weighted by molar-refractivity contribution is 5.68. The lowest BCUT2D eigenvalue weighted by molar-refractivity contribution is 0.0351. The molecule has 1 fully saturated rings. The van der Waals surface area contributed by atoms with Crippen LogP contribution in [0.1, 0.15) is 54.4 Å². The van der Waals surface area contributed by atoms with E-state index in [2.05, 4.69) is 24.1 Å². The molecule has 0 aliphatic carbocycles. The summed E-state index contributed by atoms with van der Waals surface area (Å²) in [7, 11) is 0. The normalized spacial score (nSPS) is 27.0. The van der Waals surface area contributed by atoms with Crippen molar-refractivity contribution in [2.45, 2.75) is 78.1 Å². The summed E-state index contributed by atoms with van der Waals surface area (Å²) in [4.78, 5) is 14.4. The van der Waals surface area contributed by atoms with E-state index in [-0.39, 0.29) is 18.2 Å². The topological polar surface area (TPSA) is 67.6 Å². The molecule has 1 rings (SSSR count). The van der Waals surface area contributed by atoms with Crippen molar-refractivity contribution in [1.82, 2.24) is 10.2 Å². The van der Waals surface area contributed by atoms with Crippen molar-refractivity contribution in [1.29, 1.82) is 0 Å². The molecule has 4 atom stereocenters. The molecule has 0 bridgehead atoms. The Hall–Kier alpha value is -0.810. The number of amides is 1. The first-order valence-corrected chi connectivity index (χ1v) is 8.11. The fourth-order valence-corrected chi connectivity index (χ4v) is 3.05. The van der Waals surface area contributed by atoms with Crippen LogP contribution in [0, 0.1) is 5.92 Å². The Balaban J connectivity index is 2.64. The largest absolute Gasteiger partial charge is 0.444 e. The van der Waals surface area contributed by atoms with Crippen molar-refractivity contribution in [3.63, 3.8) is 0 Å². The van der Waals surface area contributed by atoms with Gasteiger partial charge in [-0.1, -0.05) is 6.92 Å². The molecule has 3 N–H and O–H groups in total. The number of carbonyl (C=O) groups is 1. The average molecular weight is 299 g/mol. The van der Waals surface area contributed by atoms with Crippen LogP contribution in [0.5, 0.6) is 0 Å². The molecule has 4 unspecified atom stereocenters. The van der Waals surface area contributed by atoms with Crippen LogP contribution in [0.2, 0.25) is 0 Å². The van der Waals surface area contributed by atoms with Crippen LogP contribution in [0.25, 0.3) is 0 Å². The Morgan fingerprint density at radius 1 is 1.43 bits per heavy atom. The van der Waals surface area contributed by atoms with Crippen molar-refractivity contribution >= 4 is 6.09 Å². The average Bonchev–Trinajstić information content (AvgIpc) is 2.32. The lowest BCUT2D eigenvalue weighted by Gasteiger charge is -2.44. The minimum atomic E-state index is -0.477. The predicted molar refractivity (Wildman–Crippen MR) is 86.2 cm³/mol. The summed E-state index contributed by atoms with van der Waals surface area (Å²) < 4.78 is 5.33. The van der Waals surface area contributed by atoms with Gasteiger partial charge in [0.15, 0.2) is 0 Å². The van der Waals surface area contributed by atoms with Crippen molar-refractivity contribution in [3.05, 3.63) is 0 Å². The van der Waals surface area contributed by atoms with Crippen molar-refractivity contribution in [2.24, 2.45) is 11.7 Å². The van der Waals surface area contributed by atoms with E-state index in [0.717, 1.165) is 6.54 Å². The Kier molecular flexibility index (Phi) is 6.47. The Morgan fingerprint density at radius 3 is 2.57 bits per heavy atom. The summed E-state index contributed by atoms with van der Waals surface area (Å²) in [6.07, 6.45) is 2.09. The molecule has 0 aromatic heterocycles. The van der Waals surface area contributed by atoms with Gasteiger partial charge in [-0.3, -0.25) is 4.90 Å². The second-order valence-electron chi connectivity index (χ2n) is 7.34. The van der Waals surface area contributed by atoms with E-state index < -0.39 is 5.60 Å². The molecule has 124 valence electrons. The van der Waals surface area contributed by atoms with E-state index in [9.17, 15) is 4.79 Å². The van der Waals surface area contributed by atoms with Gasteiger partial charge in [0.1, 0.15) is 5.60 Å². The molecular weight excluding hydrogens is 266 g/mol. The first kappa shape index (κ1) is 18.2. The van der Waals surface area contributed by atoms with E-state index in [0.29, 0.717) is 18.5 Å². The lowest BCUT2D eigenvalue weighted by Crippen LogP contribution is -2.59. The number of ether oxygens (including phenoxy) is 1. The van der Waals surface area contributed by atoms with E-state index in [1.165, 1.54) is 12.8 Å². The monoisotopic (exact) mass is 299 g/mol. The summed E-state index contributed by atoms with van der Waals surface area (Å²) in [5.41, 5.74) is 5.50. The number of hydrogen-bond acceptors (Lipinski definition) is 4. The minimum Gasteiger partial charge on any atom is -0.444 e. The smallest absolute Gasteiger partial charge is 0.407 e. The minimum absolute atomic E-state index is 0.0300. The summed E-state index contributed by atoms with van der Waals surface area (Å²) in [6, 6.07) is 0.614. The Morgan fingerprint density at radius 2 is 2.05 bits per heavy atom. The second-order valence-corrected chi connectivity index (χ2v) is 7.34. The molecule has 1 saturated heterocycles. The molecule has 0 spiro atoms. The molecule has 1 heterocycles. The SMILES string of the molecule is CC1CCCN(C(CN)C(C)NC(=O)OC(C)(C)C)C1C. The van der Waals surface area contributed by atoms with Gasteiger partial charge in [0.05, 0.1) is 0 Å². The number of likely N-dealkylation sites (tertiary alicyclic amines) is 1. The zero-order valence-corrected chi connectivity index (χ0v) is 14.5. The molecule has 0 radical (unpaired) electrons. The fourth-order valence-electron chi connectivity index (χ4n) is 3.05. The predicted octanol–water partition coefficient (Wildman–Crippen LogP) is 2.35. The van der Waals surface area contributed by atoms with Gasteiger partial charge in [0, 0.05) is 24.7 Å². The number of rotatable bonds is 4. The first-order chi connectivity index (χ1) is 9.65. The van der Waals surface area contributed by atoms with Crippen LogP contribution >= 0.6 is 0 Å². The maximum atomic E-state index is 11.9. The van der Waals surface area contributed by atoms with Crippen molar-refractivity contribution in [3.8, 4) is 0 Å². The molecule has 0 aromatic rings. The molecule has 5 heteroatoms. The van der Waals surface area contributed by atoms with Gasteiger partial charge in [-0.05, 0) is 59.9 Å². The van der Waals surface area contributed by atoms with E-state index >= 15 is 0 Å². The van der Waals surface area contributed by atoms with Crippen molar-refractivity contribution in [2.75, 3.05) is 13.1 Å². The van der Waals surface area contributed by atoms with E-state index in [1.807, 2.05) is 27.7 Å². The molecular formula is C16H33N3O2. The second kappa shape index (κ2) is 7.45. The Bertz CT molecular complexity index is 341. The third-order valence-electron chi connectivity index (χ3n) is 4.41. The molecule has 1 aliphatic heterocycles. The summed E-state index contributed by atoms with van der Waals surface area (Å²) >= 11 is 0. The molecule has 0 saturated carbocycles. The number of hydrogen-bond donors (Lipinski definition) is 2. The number of nitrogens with one attached hydrogen (secondary N) is 1. The van der Waals surface area contributed by atoms with Crippen molar-refractivity contribution < 1.29 is 9.53 Å². The van der Waals surface area contributed by atoms with Crippen LogP contribution in [0.4, 0.5) is 4.79 Å². The summed E-state index contributed by atoms with van der Waals surface area (Å²) in [6.45, 7) is 13.7. The lowest BCUT2D eigenvalue weighted by atomic mass is 9.89. The van der Waals surface area contributed by atoms with Crippen LogP contribution < -0.4 is 11.1 Å². The van der Waals surface area contributed by atoms with Gasteiger partial charge >= 0.3 is 6.09 Å². The number of piperidine rings is 1. The maximum absolute atomic E-state index is 11.9. The number of carbonyl (C=O) groups excluding carboxylic acids is 1. The fraction of sp³-hybridized carbons (Fsp3) is 0.938. The van der Waals surface area contributed by atoms with Gasteiger partial charge in [0.2, 0.25) is 0 Å². The first-order valence-electron chi connectivity index (χ1n) is 8.11. The highest BCUT2D eigenvalue weighted by Gasteiger charge is 2.33. The molecule has 0 aromatic carbocycles. The third-order valence-corrected chi connectivity index (χ3v) is 4.41. The quantitative estimate of drug-likeness (QED) is 0.836. The van der Waals surface area contributed by atoms with Gasteiger partial charge in [-0.25, -0.2) is 4.79 Å². The number of alkyl carbamates (subject to hydrolysis) is 1. The molecule has 1 aliphatic rings. The zero-order chi connectivity index (χ0) is 16.2. The standard InChI is InChI=1S/C16H33N3O2/c1-11-8-7-9-19(13(11)3)14(10-17)12(2)18-15(20)21-16(4,5)6/h11-14H,7-10,17H2,1-6H3,(H,18,20). The van der Waals surface area contributed by atoms with E-state index in [1.54, 1.807) is 0 Å². The summed E-state index contributed by atoms with van der Waals surface area (Å²) in [5.74, 6) is 0.668. The molecule has 5 nitrogen and oxygen atoms in total. The number of nitrogens with two attached hydrogens (primary N) is 1. The van der Waals surface area contributed by atoms with Crippen LogP contribution in [-0.2, 0) is 4.74 Å². The zero-order valence-electron chi connectivity index (χ0n) is 14.5. The van der Waals surface area contributed by atoms with Gasteiger partial charge in [-0.15, -0.1) is 0 Å². The van der Waals surface area contributed by atoms with E-state index in [4.69, 9.17) is 10.5 Å². The van der Waals surface area contributed by atoms with Gasteiger partial charge < -0.3 is 15.8 Å². The molecule has 1 amide bonds. The van der Waals surface area contributed by atoms with Crippen LogP contribution in [-0.4, -0.2) is 47.8 Å². The van der Waals surface area contributed by atoms with Crippen LogP contribution in [0.15, 0.2) is 0 Å². The number of nitrogens with zero attached hydrogens (tertiary/aromatic N) is 1. The highest BCUT2D eigenvalue weighted by atomic mass is 16.6. The maximum Gasteiger partial charge on any atom is 0.407 e. The van der Waals surface area contributed by atoms with Crippen LogP contribution in [0.3, 0.4) is 0 Å². The van der Waals surface area contributed by atoms with Gasteiger partial charge in [0.25, 0.3) is 0 Å². The third kappa shape index (κ3) is 5.47. The van der Waals surface area contributed by atoms with Gasteiger partial charge in [-0.2, -0.15) is 0 Å². The highest BCUT2D eigenvalue weighted by Crippen LogP contribution is 2.25. The summed E-state index contributed by atoms with van der Waals surface area (Å²) in [5, 5.41) is 2.94.